The van der Waals surface area contributed by atoms with Crippen LogP contribution in [0.25, 0.3) is 0 Å². The molecule has 140 valence electrons. The quantitative estimate of drug-likeness (QED) is 0.852. The summed E-state index contributed by atoms with van der Waals surface area (Å²) in [6.45, 7) is 4.28. The molecule has 0 saturated heterocycles. The first kappa shape index (κ1) is 18.8. The largest absolute Gasteiger partial charge is 0.350 e. The third-order valence-corrected chi connectivity index (χ3v) is 4.72. The van der Waals surface area contributed by atoms with Crippen LogP contribution in [0.15, 0.2) is 59.7 Å². The molecule has 0 unspecified atom stereocenters. The lowest BCUT2D eigenvalue weighted by Gasteiger charge is -2.24. The number of carbonyl (C=O) groups excluding carboxylic acids is 2. The molecule has 2 aromatic carbocycles. The van der Waals surface area contributed by atoms with E-state index in [0.29, 0.717) is 19.4 Å². The molecule has 0 saturated carbocycles. The fourth-order valence-corrected chi connectivity index (χ4v) is 3.07. The van der Waals surface area contributed by atoms with E-state index >= 15 is 0 Å². The standard InChI is InChI=1S/C22H25N3O2/c1-16-8-10-19(11-9-16)20-12-13-22(27)25(24-20)15-14-21(26)23-17(2)18-6-4-3-5-7-18/h3-11,17H,12-15H2,1-2H3,(H,23,26)/t17-/m0/s1. The monoisotopic (exact) mass is 363 g/mol. The molecule has 5 nitrogen and oxygen atoms in total. The maximum absolute atomic E-state index is 12.3. The van der Waals surface area contributed by atoms with Gasteiger partial charge in [-0.2, -0.15) is 5.10 Å². The van der Waals surface area contributed by atoms with E-state index < -0.39 is 0 Å². The molecule has 27 heavy (non-hydrogen) atoms. The van der Waals surface area contributed by atoms with E-state index in [2.05, 4.69) is 10.4 Å². The number of amides is 2. The predicted molar refractivity (Wildman–Crippen MR) is 106 cm³/mol. The molecule has 0 aromatic heterocycles. The summed E-state index contributed by atoms with van der Waals surface area (Å²) >= 11 is 0. The molecule has 0 aliphatic carbocycles. The third-order valence-electron chi connectivity index (χ3n) is 4.72. The average Bonchev–Trinajstić information content (AvgIpc) is 2.68. The van der Waals surface area contributed by atoms with Crippen LogP contribution in [0.2, 0.25) is 0 Å². The summed E-state index contributed by atoms with van der Waals surface area (Å²) in [5.41, 5.74) is 4.17. The summed E-state index contributed by atoms with van der Waals surface area (Å²) in [5.74, 6) is -0.119. The Balaban J connectivity index is 1.58. The number of carbonyl (C=O) groups is 2. The molecule has 0 spiro atoms. The second kappa shape index (κ2) is 8.62. The summed E-state index contributed by atoms with van der Waals surface area (Å²) < 4.78 is 0. The van der Waals surface area contributed by atoms with Crippen LogP contribution in [-0.2, 0) is 9.59 Å². The first-order chi connectivity index (χ1) is 13.0. The van der Waals surface area contributed by atoms with Crippen LogP contribution in [-0.4, -0.2) is 29.1 Å². The summed E-state index contributed by atoms with van der Waals surface area (Å²) in [6.07, 6.45) is 1.29. The van der Waals surface area contributed by atoms with Gasteiger partial charge in [0, 0.05) is 19.3 Å². The van der Waals surface area contributed by atoms with Crippen LogP contribution in [0.4, 0.5) is 0 Å². The van der Waals surface area contributed by atoms with Gasteiger partial charge in [-0.25, -0.2) is 5.01 Å². The molecule has 1 N–H and O–H groups in total. The molecule has 3 rings (SSSR count). The Kier molecular flexibility index (Phi) is 6.01. The van der Waals surface area contributed by atoms with Crippen LogP contribution in [0, 0.1) is 6.92 Å². The lowest BCUT2D eigenvalue weighted by Crippen LogP contribution is -2.36. The molecule has 0 fully saturated rings. The molecule has 0 radical (unpaired) electrons. The Labute approximate surface area is 160 Å². The molecule has 0 bridgehead atoms. The smallest absolute Gasteiger partial charge is 0.243 e. The maximum Gasteiger partial charge on any atom is 0.243 e. The van der Waals surface area contributed by atoms with Crippen molar-refractivity contribution in [3.63, 3.8) is 0 Å². The highest BCUT2D eigenvalue weighted by Crippen LogP contribution is 2.16. The van der Waals surface area contributed by atoms with E-state index in [1.807, 2.05) is 68.4 Å². The van der Waals surface area contributed by atoms with Gasteiger partial charge in [-0.1, -0.05) is 60.2 Å². The number of hydrogen-bond acceptors (Lipinski definition) is 3. The molecule has 1 aliphatic rings. The summed E-state index contributed by atoms with van der Waals surface area (Å²) in [7, 11) is 0. The van der Waals surface area contributed by atoms with E-state index in [0.717, 1.165) is 16.8 Å². The van der Waals surface area contributed by atoms with Gasteiger partial charge in [0.05, 0.1) is 18.3 Å². The number of benzene rings is 2. The van der Waals surface area contributed by atoms with E-state index in [9.17, 15) is 9.59 Å². The lowest BCUT2D eigenvalue weighted by atomic mass is 10.0. The van der Waals surface area contributed by atoms with Gasteiger partial charge >= 0.3 is 0 Å². The van der Waals surface area contributed by atoms with Gasteiger partial charge in [-0.05, 0) is 25.0 Å². The van der Waals surface area contributed by atoms with Gasteiger partial charge in [0.25, 0.3) is 0 Å². The van der Waals surface area contributed by atoms with Gasteiger partial charge in [0.15, 0.2) is 0 Å². The van der Waals surface area contributed by atoms with Crippen molar-refractivity contribution in [1.82, 2.24) is 10.3 Å². The molecule has 1 heterocycles. The van der Waals surface area contributed by atoms with Crippen LogP contribution in [0.5, 0.6) is 0 Å². The normalized spacial score (nSPS) is 15.3. The van der Waals surface area contributed by atoms with E-state index in [1.54, 1.807) is 0 Å². The van der Waals surface area contributed by atoms with Crippen molar-refractivity contribution in [3.05, 3.63) is 71.3 Å². The van der Waals surface area contributed by atoms with Crippen molar-refractivity contribution in [2.45, 2.75) is 39.2 Å². The van der Waals surface area contributed by atoms with Crippen LogP contribution < -0.4 is 5.32 Å². The first-order valence-electron chi connectivity index (χ1n) is 9.32. The Morgan fingerprint density at radius 1 is 1.11 bits per heavy atom. The van der Waals surface area contributed by atoms with Crippen LogP contribution in [0.1, 0.15) is 48.9 Å². The van der Waals surface area contributed by atoms with Crippen molar-refractivity contribution >= 4 is 17.5 Å². The lowest BCUT2D eigenvalue weighted by molar-refractivity contribution is -0.132. The highest BCUT2D eigenvalue weighted by atomic mass is 16.2. The van der Waals surface area contributed by atoms with Gasteiger partial charge < -0.3 is 5.32 Å². The zero-order valence-corrected chi connectivity index (χ0v) is 15.8. The van der Waals surface area contributed by atoms with Crippen molar-refractivity contribution in [2.75, 3.05) is 6.54 Å². The number of hydrazone groups is 1. The highest BCUT2D eigenvalue weighted by molar-refractivity contribution is 6.04. The fourth-order valence-electron chi connectivity index (χ4n) is 3.07. The summed E-state index contributed by atoms with van der Waals surface area (Å²) in [5, 5.41) is 8.90. The maximum atomic E-state index is 12.3. The number of rotatable bonds is 6. The topological polar surface area (TPSA) is 61.8 Å². The molecule has 2 amide bonds. The van der Waals surface area contributed by atoms with Crippen LogP contribution in [0.3, 0.4) is 0 Å². The summed E-state index contributed by atoms with van der Waals surface area (Å²) in [6, 6.07) is 17.9. The number of nitrogens with one attached hydrogen (secondary N) is 1. The zero-order valence-electron chi connectivity index (χ0n) is 15.8. The van der Waals surface area contributed by atoms with E-state index in [1.165, 1.54) is 10.6 Å². The third kappa shape index (κ3) is 5.03. The highest BCUT2D eigenvalue weighted by Gasteiger charge is 2.22. The number of aryl methyl sites for hydroxylation is 1. The molecular formula is C22H25N3O2. The SMILES string of the molecule is Cc1ccc(C2=NN(CCC(=O)N[C@@H](C)c3ccccc3)C(=O)CC2)cc1. The predicted octanol–water partition coefficient (Wildman–Crippen LogP) is 3.59. The Morgan fingerprint density at radius 2 is 1.81 bits per heavy atom. The molecular weight excluding hydrogens is 338 g/mol. The number of nitrogens with zero attached hydrogens (tertiary/aromatic N) is 2. The van der Waals surface area contributed by atoms with Crippen molar-refractivity contribution in [3.8, 4) is 0 Å². The molecule has 2 aromatic rings. The molecule has 1 atom stereocenters. The molecule has 5 heteroatoms. The fraction of sp³-hybridized carbons (Fsp3) is 0.318. The van der Waals surface area contributed by atoms with Crippen molar-refractivity contribution in [2.24, 2.45) is 5.10 Å². The Morgan fingerprint density at radius 3 is 2.52 bits per heavy atom. The minimum atomic E-state index is -0.0863. The minimum absolute atomic E-state index is 0.0326. The van der Waals surface area contributed by atoms with E-state index in [4.69, 9.17) is 0 Å². The molecule has 1 aliphatic heterocycles. The second-order valence-corrected chi connectivity index (χ2v) is 6.88. The Bertz CT molecular complexity index is 828. The van der Waals surface area contributed by atoms with E-state index in [-0.39, 0.29) is 24.3 Å². The van der Waals surface area contributed by atoms with Crippen LogP contribution >= 0.6 is 0 Å². The van der Waals surface area contributed by atoms with Gasteiger partial charge in [-0.3, -0.25) is 9.59 Å². The minimum Gasteiger partial charge on any atom is -0.350 e. The first-order valence-corrected chi connectivity index (χ1v) is 9.32. The second-order valence-electron chi connectivity index (χ2n) is 6.88. The van der Waals surface area contributed by atoms with Gasteiger partial charge in [0.2, 0.25) is 11.8 Å². The van der Waals surface area contributed by atoms with Crippen molar-refractivity contribution in [1.29, 1.82) is 0 Å². The van der Waals surface area contributed by atoms with Gasteiger partial charge in [-0.15, -0.1) is 0 Å². The Hall–Kier alpha value is -2.95. The average molecular weight is 363 g/mol. The van der Waals surface area contributed by atoms with Crippen molar-refractivity contribution < 1.29 is 9.59 Å². The summed E-state index contributed by atoms with van der Waals surface area (Å²) in [4.78, 5) is 24.4. The van der Waals surface area contributed by atoms with Gasteiger partial charge in [0.1, 0.15) is 0 Å². The zero-order chi connectivity index (χ0) is 19.2. The number of hydrogen-bond donors (Lipinski definition) is 1.